The zero-order chi connectivity index (χ0) is 5.86. The molecule has 0 aliphatic heterocycles. The van der Waals surface area contributed by atoms with Gasteiger partial charge < -0.3 is 0 Å². The van der Waals surface area contributed by atoms with E-state index in [2.05, 4.69) is 0 Å². The van der Waals surface area contributed by atoms with Gasteiger partial charge >= 0.3 is 7.55 Å². The van der Waals surface area contributed by atoms with E-state index in [4.69, 9.17) is 20.2 Å². The maximum Gasteiger partial charge on any atom is 1.10 e. The normalized spacial score (nSPS) is 7.43. The molecule has 7 heavy (non-hydrogen) atoms. The van der Waals surface area contributed by atoms with Gasteiger partial charge in [-0.15, -0.1) is 0 Å². The molecular formula is BN2O4. The second-order valence-electron chi connectivity index (χ2n) is 0.686. The number of rotatable bonds is 2. The standard InChI is InChI=1S/BN2O4/c4-2(5)1-3(6)7. The average molecular weight is 103 g/mol. The van der Waals surface area contributed by atoms with Crippen molar-refractivity contribution in [2.75, 3.05) is 0 Å². The van der Waals surface area contributed by atoms with Crippen LogP contribution in [0, 0.1) is 20.2 Å². The molecule has 0 saturated carbocycles. The van der Waals surface area contributed by atoms with Crippen molar-refractivity contribution in [1.29, 1.82) is 0 Å². The molecule has 0 N–H and O–H groups in total. The van der Waals surface area contributed by atoms with Crippen molar-refractivity contribution in [3.05, 3.63) is 20.2 Å². The average Bonchev–Trinajstić information content (AvgIpc) is 1.27. The van der Waals surface area contributed by atoms with Gasteiger partial charge in [-0.05, 0) is 0 Å². The predicted molar refractivity (Wildman–Crippen MR) is 19.7 cm³/mol. The van der Waals surface area contributed by atoms with E-state index in [0.29, 0.717) is 0 Å². The van der Waals surface area contributed by atoms with Crippen LogP contribution in [0.4, 0.5) is 0 Å². The minimum Gasteiger partial charge on any atom is -0.287 e. The van der Waals surface area contributed by atoms with Gasteiger partial charge in [0.2, 0.25) is 0 Å². The Balaban J connectivity index is 3.32. The molecule has 0 aromatic carbocycles. The van der Waals surface area contributed by atoms with Crippen LogP contribution in [0.3, 0.4) is 0 Å². The number of hydrogen-bond donors (Lipinski definition) is 0. The Morgan fingerprint density at radius 1 is 1.14 bits per heavy atom. The highest BCUT2D eigenvalue weighted by atomic mass is 16.7. The fourth-order valence-electron chi connectivity index (χ4n) is 0.0770. The summed E-state index contributed by atoms with van der Waals surface area (Å²) in [6.45, 7) is 0. The molecule has 0 spiro atoms. The fourth-order valence-corrected chi connectivity index (χ4v) is 0.0770. The molecule has 0 amide bonds. The summed E-state index contributed by atoms with van der Waals surface area (Å²) in [5, 5.41) is 18.2. The van der Waals surface area contributed by atoms with E-state index in [1.54, 1.807) is 0 Å². The van der Waals surface area contributed by atoms with Crippen molar-refractivity contribution >= 4 is 7.55 Å². The molecule has 0 aromatic rings. The van der Waals surface area contributed by atoms with E-state index < -0.39 is 9.67 Å². The summed E-state index contributed by atoms with van der Waals surface area (Å²) >= 11 is 0. The second-order valence-corrected chi connectivity index (χ2v) is 0.686. The number of nitro groups is 2. The van der Waals surface area contributed by atoms with Crippen LogP contribution in [0.15, 0.2) is 0 Å². The third-order valence-electron chi connectivity index (χ3n) is 0.189. The molecule has 0 saturated heterocycles. The lowest BCUT2D eigenvalue weighted by Gasteiger charge is -1.72. The van der Waals surface area contributed by atoms with Gasteiger partial charge in [0.05, 0.1) is 0 Å². The first-order valence-corrected chi connectivity index (χ1v) is 1.25. The first kappa shape index (κ1) is 5.86. The van der Waals surface area contributed by atoms with E-state index in [1.165, 1.54) is 0 Å². The summed E-state index contributed by atoms with van der Waals surface area (Å²) in [5.41, 5.74) is 0. The highest BCUT2D eigenvalue weighted by molar-refractivity contribution is 6.13. The topological polar surface area (TPSA) is 86.3 Å². The highest BCUT2D eigenvalue weighted by Crippen LogP contribution is 1.62. The lowest BCUT2D eigenvalue weighted by molar-refractivity contribution is -0.454. The summed E-state index contributed by atoms with van der Waals surface area (Å²) in [6.07, 6.45) is 0. The zero-order valence-corrected chi connectivity index (χ0v) is 3.10. The van der Waals surface area contributed by atoms with Crippen LogP contribution in [0.25, 0.3) is 0 Å². The Bertz CT molecular complexity index is 85.9. The van der Waals surface area contributed by atoms with E-state index in [9.17, 15) is 0 Å². The molecule has 0 heterocycles. The largest absolute Gasteiger partial charge is 1.10 e. The molecule has 0 bridgehead atoms. The Morgan fingerprint density at radius 3 is 1.43 bits per heavy atom. The summed E-state index contributed by atoms with van der Waals surface area (Å²) in [6, 6.07) is 0. The van der Waals surface area contributed by atoms with Crippen LogP contribution in [0.2, 0.25) is 0 Å². The van der Waals surface area contributed by atoms with Crippen LogP contribution >= 0.6 is 0 Å². The predicted octanol–water partition coefficient (Wildman–Crippen LogP) is -0.926. The summed E-state index contributed by atoms with van der Waals surface area (Å²) < 4.78 is 0. The third kappa shape index (κ3) is 4.86. The summed E-state index contributed by atoms with van der Waals surface area (Å²) in [4.78, 5) is 16.0. The van der Waals surface area contributed by atoms with Crippen molar-refractivity contribution in [2.45, 2.75) is 0 Å². The minimum absolute atomic E-state index is 0.222. The van der Waals surface area contributed by atoms with Crippen LogP contribution in [0.1, 0.15) is 0 Å². The van der Waals surface area contributed by atoms with E-state index in [0.717, 1.165) is 0 Å². The molecule has 0 unspecified atom stereocenters. The monoisotopic (exact) mass is 103 g/mol. The van der Waals surface area contributed by atoms with Gasteiger partial charge in [-0.2, -0.15) is 0 Å². The van der Waals surface area contributed by atoms with Gasteiger partial charge in [-0.3, -0.25) is 20.2 Å². The highest BCUT2D eigenvalue weighted by Gasteiger charge is 2.29. The van der Waals surface area contributed by atoms with Gasteiger partial charge in [0, 0.05) is 9.67 Å². The molecule has 7 heteroatoms. The third-order valence-corrected chi connectivity index (χ3v) is 0.189. The molecule has 37 valence electrons. The van der Waals surface area contributed by atoms with E-state index in [-0.39, 0.29) is 7.55 Å². The van der Waals surface area contributed by atoms with Gasteiger partial charge in [0.1, 0.15) is 0 Å². The zero-order valence-electron chi connectivity index (χ0n) is 3.10. The Hall–Kier alpha value is -1.14. The molecule has 0 aliphatic carbocycles. The molecular weight excluding hydrogens is 103 g/mol. The maximum absolute atomic E-state index is 9.12. The van der Waals surface area contributed by atoms with Gasteiger partial charge in [0.25, 0.3) is 0 Å². The van der Waals surface area contributed by atoms with Crippen molar-refractivity contribution in [3.63, 3.8) is 0 Å². The van der Waals surface area contributed by atoms with Crippen LogP contribution < -0.4 is 0 Å². The molecule has 1 radical (unpaired) electrons. The molecule has 0 aliphatic rings. The van der Waals surface area contributed by atoms with Gasteiger partial charge in [0.15, 0.2) is 0 Å². The van der Waals surface area contributed by atoms with Crippen LogP contribution in [-0.4, -0.2) is 17.2 Å². The Morgan fingerprint density at radius 2 is 1.43 bits per heavy atom. The summed E-state index contributed by atoms with van der Waals surface area (Å²) in [7, 11) is -0.222. The lowest BCUT2D eigenvalue weighted by Crippen LogP contribution is -2.15. The van der Waals surface area contributed by atoms with Crippen LogP contribution in [-0.2, 0) is 0 Å². The fraction of sp³-hybridized carbons (Fsp3) is 0. The Labute approximate surface area is 38.7 Å². The van der Waals surface area contributed by atoms with Gasteiger partial charge in [-0.1, -0.05) is 0 Å². The molecule has 0 fully saturated rings. The maximum atomic E-state index is 9.12. The van der Waals surface area contributed by atoms with Crippen molar-refractivity contribution in [1.82, 2.24) is 0 Å². The van der Waals surface area contributed by atoms with E-state index in [1.807, 2.05) is 0 Å². The van der Waals surface area contributed by atoms with Crippen molar-refractivity contribution < 1.29 is 9.67 Å². The van der Waals surface area contributed by atoms with Gasteiger partial charge in [-0.25, -0.2) is 0 Å². The lowest BCUT2D eigenvalue weighted by atomic mass is 10.2. The molecule has 0 aromatic heterocycles. The minimum atomic E-state index is -1.12. The second kappa shape index (κ2) is 2.11. The van der Waals surface area contributed by atoms with E-state index >= 15 is 0 Å². The molecule has 0 atom stereocenters. The Kier molecular flexibility index (Phi) is 1.77. The molecule has 6 nitrogen and oxygen atoms in total. The van der Waals surface area contributed by atoms with Crippen molar-refractivity contribution in [2.24, 2.45) is 0 Å². The SMILES string of the molecule is O=[N+]([O-])[B][N+](=O)[O-]. The first-order valence-electron chi connectivity index (χ1n) is 1.25. The summed E-state index contributed by atoms with van der Waals surface area (Å²) in [5.74, 6) is 0. The first-order chi connectivity index (χ1) is 3.13. The van der Waals surface area contributed by atoms with Crippen LogP contribution in [0.5, 0.6) is 0 Å². The number of nitrogens with zero attached hydrogens (tertiary/aromatic N) is 2. The number of hydrogen-bond acceptors (Lipinski definition) is 4. The smallest absolute Gasteiger partial charge is 0.287 e. The molecule has 0 rings (SSSR count). The quantitative estimate of drug-likeness (QED) is 0.256. The van der Waals surface area contributed by atoms with Crippen molar-refractivity contribution in [3.8, 4) is 0 Å².